The van der Waals surface area contributed by atoms with Gasteiger partial charge in [-0.15, -0.1) is 0 Å². The van der Waals surface area contributed by atoms with Gasteiger partial charge in [0.1, 0.15) is 24.0 Å². The van der Waals surface area contributed by atoms with Crippen molar-refractivity contribution in [1.29, 1.82) is 0 Å². The number of carbonyl (C=O) groups is 5. The molecule has 0 spiro atoms. The summed E-state index contributed by atoms with van der Waals surface area (Å²) in [6.45, 7) is 3.97. The van der Waals surface area contributed by atoms with Crippen molar-refractivity contribution in [3.05, 3.63) is 57.9 Å². The highest BCUT2D eigenvalue weighted by atomic mass is 16.4. The SMILES string of the molecule is CCNC(=O)C(=O)CC[C@H](NC(=O)c1cc2c(o1)C=CCC2)C(=O)Nc1cccn(CC(=O)NC2C3CCCC2CC(CC)C3)c1=O.[HH].[HH].[HH].[HH]. The Balaban J connectivity index is 0.00000325. The van der Waals surface area contributed by atoms with Crippen molar-refractivity contribution >= 4 is 41.2 Å². The van der Waals surface area contributed by atoms with E-state index in [4.69, 9.17) is 4.42 Å². The van der Waals surface area contributed by atoms with Crippen molar-refractivity contribution < 1.29 is 34.1 Å². The number of hydrogen-bond acceptors (Lipinski definition) is 7. The van der Waals surface area contributed by atoms with Crippen molar-refractivity contribution in [2.24, 2.45) is 17.8 Å². The van der Waals surface area contributed by atoms with Crippen LogP contribution in [0.3, 0.4) is 0 Å². The zero-order valence-electron chi connectivity index (χ0n) is 27.1. The van der Waals surface area contributed by atoms with E-state index in [1.807, 2.05) is 6.08 Å². The summed E-state index contributed by atoms with van der Waals surface area (Å²) in [5.41, 5.74) is 0.203. The van der Waals surface area contributed by atoms with E-state index in [-0.39, 0.29) is 55.0 Å². The summed E-state index contributed by atoms with van der Waals surface area (Å²) in [6, 6.07) is 3.43. The quantitative estimate of drug-likeness (QED) is 0.233. The molecule has 3 aliphatic carbocycles. The van der Waals surface area contributed by atoms with Gasteiger partial charge in [-0.2, -0.15) is 0 Å². The van der Waals surface area contributed by atoms with Crippen LogP contribution in [0.4, 0.5) is 5.69 Å². The number of pyridine rings is 1. The highest BCUT2D eigenvalue weighted by Gasteiger charge is 2.40. The second-order valence-corrected chi connectivity index (χ2v) is 12.9. The molecule has 2 aromatic heterocycles. The van der Waals surface area contributed by atoms with Crippen molar-refractivity contribution in [2.45, 2.75) is 96.7 Å². The summed E-state index contributed by atoms with van der Waals surface area (Å²) in [6.07, 6.45) is 13.0. The summed E-state index contributed by atoms with van der Waals surface area (Å²) in [5, 5.41) is 10.8. The van der Waals surface area contributed by atoms with E-state index in [0.29, 0.717) is 29.9 Å². The third kappa shape index (κ3) is 8.28. The topological polar surface area (TPSA) is 169 Å². The Morgan fingerprint density at radius 2 is 1.87 bits per heavy atom. The second-order valence-electron chi connectivity index (χ2n) is 12.9. The van der Waals surface area contributed by atoms with Gasteiger partial charge in [0.2, 0.25) is 17.6 Å². The van der Waals surface area contributed by atoms with Crippen LogP contribution in [0.15, 0.2) is 39.7 Å². The van der Waals surface area contributed by atoms with Crippen LogP contribution in [0.1, 0.15) is 99.2 Å². The van der Waals surface area contributed by atoms with Crippen molar-refractivity contribution in [1.82, 2.24) is 20.5 Å². The molecule has 47 heavy (non-hydrogen) atoms. The minimum Gasteiger partial charge on any atom is -0.451 e. The highest BCUT2D eigenvalue weighted by molar-refractivity contribution is 6.36. The van der Waals surface area contributed by atoms with Crippen molar-refractivity contribution in [2.75, 3.05) is 11.9 Å². The summed E-state index contributed by atoms with van der Waals surface area (Å²) in [5.74, 6) is -1.01. The first-order chi connectivity index (χ1) is 22.7. The van der Waals surface area contributed by atoms with Gasteiger partial charge in [0, 0.05) is 30.9 Å². The van der Waals surface area contributed by atoms with Gasteiger partial charge in [-0.25, -0.2) is 0 Å². The number of allylic oxidation sites excluding steroid dienone is 1. The van der Waals surface area contributed by atoms with E-state index < -0.39 is 35.1 Å². The largest absolute Gasteiger partial charge is 0.451 e. The van der Waals surface area contributed by atoms with Gasteiger partial charge in [0.05, 0.1) is 0 Å². The number of anilines is 1. The first-order valence-corrected chi connectivity index (χ1v) is 16.9. The van der Waals surface area contributed by atoms with E-state index in [9.17, 15) is 28.8 Å². The van der Waals surface area contributed by atoms with Gasteiger partial charge in [0.15, 0.2) is 5.76 Å². The lowest BCUT2D eigenvalue weighted by atomic mass is 9.64. The number of fused-ring (bicyclic) bond motifs is 3. The molecule has 4 N–H and O–H groups in total. The molecule has 0 radical (unpaired) electrons. The number of furan rings is 1. The standard InChI is InChI=1S/C35H45N5O7.4H2/c1-3-21-17-23-10-7-11-24(18-21)31(23)39-30(42)20-40-16-8-12-26(35(40)46)38-32(43)25(14-15-27(41)33(44)36-4-2)37-34(45)29-19-22-9-5-6-13-28(22)47-29;;;;/h6,8,12-13,16,19,21,23-25,31H,3-5,7,9-11,14-15,17-18,20H2,1-2H3,(H,36,44)(H,37,45)(H,38,43)(H,39,42);4*1H/t21?,23?,24?,25-,31?;;;;/m0..../s1. The third-order valence-electron chi connectivity index (χ3n) is 9.72. The molecule has 2 bridgehead atoms. The average Bonchev–Trinajstić information content (AvgIpc) is 3.49. The summed E-state index contributed by atoms with van der Waals surface area (Å²) < 4.78 is 6.91. The number of nitrogens with zero attached hydrogens (tertiary/aromatic N) is 1. The second kappa shape index (κ2) is 15.4. The normalized spacial score (nSPS) is 22.0. The van der Waals surface area contributed by atoms with Gasteiger partial charge in [-0.3, -0.25) is 28.8 Å². The van der Waals surface area contributed by atoms with E-state index in [1.165, 1.54) is 23.3 Å². The molecule has 2 aromatic rings. The lowest BCUT2D eigenvalue weighted by Gasteiger charge is -2.46. The fourth-order valence-corrected chi connectivity index (χ4v) is 7.27. The summed E-state index contributed by atoms with van der Waals surface area (Å²) in [4.78, 5) is 77.5. The molecule has 260 valence electrons. The first kappa shape index (κ1) is 33.9. The summed E-state index contributed by atoms with van der Waals surface area (Å²) >= 11 is 0. The molecule has 0 saturated heterocycles. The summed E-state index contributed by atoms with van der Waals surface area (Å²) in [7, 11) is 0. The Hall–Kier alpha value is -4.48. The average molecular weight is 656 g/mol. The fraction of sp³-hybridized carbons (Fsp3) is 0.543. The number of aryl methyl sites for hydroxylation is 1. The molecule has 3 atom stereocenters. The Morgan fingerprint density at radius 1 is 1.11 bits per heavy atom. The lowest BCUT2D eigenvalue weighted by molar-refractivity contribution is -0.138. The Kier molecular flexibility index (Phi) is 11.1. The number of ketones is 1. The molecule has 12 heteroatoms. The third-order valence-corrected chi connectivity index (χ3v) is 9.72. The molecule has 2 unspecified atom stereocenters. The van der Waals surface area contributed by atoms with Gasteiger partial charge < -0.3 is 30.3 Å². The predicted octanol–water partition coefficient (Wildman–Crippen LogP) is 4.33. The van der Waals surface area contributed by atoms with E-state index in [1.54, 1.807) is 25.1 Å². The number of likely N-dealkylation sites (N-methyl/N-ethyl adjacent to an activating group) is 1. The molecule has 2 saturated carbocycles. The predicted molar refractivity (Wildman–Crippen MR) is 184 cm³/mol. The van der Waals surface area contributed by atoms with Crippen LogP contribution < -0.4 is 26.8 Å². The van der Waals surface area contributed by atoms with Crippen LogP contribution in [-0.2, 0) is 32.1 Å². The number of nitrogens with one attached hydrogen (secondary N) is 4. The van der Waals surface area contributed by atoms with Crippen LogP contribution in [0.2, 0.25) is 0 Å². The number of hydrogen-bond donors (Lipinski definition) is 4. The molecule has 2 fully saturated rings. The molecule has 0 aliphatic heterocycles. The molecular formula is C35H53N5O7. The minimum absolute atomic E-state index is 0. The van der Waals surface area contributed by atoms with Gasteiger partial charge in [-0.05, 0) is 99.5 Å². The van der Waals surface area contributed by atoms with E-state index >= 15 is 0 Å². The fourth-order valence-electron chi connectivity index (χ4n) is 7.27. The molecule has 2 heterocycles. The smallest absolute Gasteiger partial charge is 0.287 e. The number of aromatic nitrogens is 1. The zero-order chi connectivity index (χ0) is 33.5. The van der Waals surface area contributed by atoms with Crippen molar-refractivity contribution in [3.63, 3.8) is 0 Å². The number of amides is 4. The zero-order valence-corrected chi connectivity index (χ0v) is 27.1. The number of Topliss-reactive ketones (excluding diaryl/α,β-unsaturated/α-hetero) is 1. The molecule has 4 amide bonds. The monoisotopic (exact) mass is 655 g/mol. The molecule has 3 aliphatic rings. The van der Waals surface area contributed by atoms with Gasteiger partial charge >= 0.3 is 0 Å². The van der Waals surface area contributed by atoms with Crippen LogP contribution in [0.25, 0.3) is 6.08 Å². The van der Waals surface area contributed by atoms with Crippen molar-refractivity contribution in [3.8, 4) is 0 Å². The molecular weight excluding hydrogens is 602 g/mol. The maximum absolute atomic E-state index is 13.5. The Labute approximate surface area is 280 Å². The minimum atomic E-state index is -1.27. The van der Waals surface area contributed by atoms with Crippen LogP contribution in [0.5, 0.6) is 0 Å². The number of rotatable bonds is 13. The Morgan fingerprint density at radius 3 is 2.57 bits per heavy atom. The Bertz CT molecular complexity index is 1600. The maximum atomic E-state index is 13.5. The van der Waals surface area contributed by atoms with Crippen LogP contribution in [-0.4, -0.2) is 52.6 Å². The maximum Gasteiger partial charge on any atom is 0.287 e. The molecule has 5 rings (SSSR count). The van der Waals surface area contributed by atoms with Crippen LogP contribution in [0, 0.1) is 17.8 Å². The highest BCUT2D eigenvalue weighted by Crippen LogP contribution is 2.43. The van der Waals surface area contributed by atoms with Crippen LogP contribution >= 0.6 is 0 Å². The number of carbonyl (C=O) groups excluding carboxylic acids is 5. The molecule has 12 nitrogen and oxygen atoms in total. The lowest BCUT2D eigenvalue weighted by Crippen LogP contribution is -2.52. The molecule has 0 aromatic carbocycles. The van der Waals surface area contributed by atoms with E-state index in [0.717, 1.165) is 44.1 Å². The first-order valence-electron chi connectivity index (χ1n) is 16.9. The van der Waals surface area contributed by atoms with E-state index in [2.05, 4.69) is 28.2 Å². The van der Waals surface area contributed by atoms with Gasteiger partial charge in [-0.1, -0.05) is 25.8 Å². The van der Waals surface area contributed by atoms with Gasteiger partial charge in [0.25, 0.3) is 17.4 Å².